The molecule has 0 spiro atoms. The largest absolute Gasteiger partial charge is 0.456 e. The van der Waals surface area contributed by atoms with E-state index in [-0.39, 0.29) is 0 Å². The highest BCUT2D eigenvalue weighted by molar-refractivity contribution is 6.31. The average molecular weight is 664 g/mol. The van der Waals surface area contributed by atoms with Crippen LogP contribution in [0.3, 0.4) is 0 Å². The first-order chi connectivity index (χ1) is 25.8. The number of hydrogen-bond donors (Lipinski definition) is 0. The van der Waals surface area contributed by atoms with E-state index in [1.54, 1.807) is 0 Å². The Morgan fingerprint density at radius 3 is 1.38 bits per heavy atom. The number of para-hydroxylation sites is 5. The van der Waals surface area contributed by atoms with Crippen molar-refractivity contribution in [3.05, 3.63) is 176 Å². The van der Waals surface area contributed by atoms with Crippen LogP contribution >= 0.6 is 0 Å². The fourth-order valence-corrected chi connectivity index (χ4v) is 8.92. The summed E-state index contributed by atoms with van der Waals surface area (Å²) in [7, 11) is 0. The lowest BCUT2D eigenvalue weighted by atomic mass is 10.1. The standard InChI is InChI=1S/C48H29N3O/c1-3-13-30(14-4-1)49-39-20-10-7-18-36(39)45-41(49)26-24-34-35-25-27-42-46(48(35)51(47(34)45)31-15-5-2-6-16-31)37-19-8-11-21-40(37)50(42)32-23-28-44-38(29-32)33-17-9-12-22-43(33)52-44/h1-29H. The van der Waals surface area contributed by atoms with Crippen molar-refractivity contribution in [2.45, 2.75) is 0 Å². The number of hydrogen-bond acceptors (Lipinski definition) is 1. The van der Waals surface area contributed by atoms with Gasteiger partial charge in [0, 0.05) is 60.2 Å². The molecule has 0 aliphatic rings. The van der Waals surface area contributed by atoms with Gasteiger partial charge in [0.2, 0.25) is 0 Å². The molecule has 0 fully saturated rings. The monoisotopic (exact) mass is 663 g/mol. The fourth-order valence-electron chi connectivity index (χ4n) is 8.92. The molecule has 4 heterocycles. The van der Waals surface area contributed by atoms with Crippen LogP contribution < -0.4 is 0 Å². The SMILES string of the molecule is c1ccc(-n2c3ccccc3c3c2ccc2c4ccc5c(c6ccccc6n5-c5ccc6oc7ccccc7c6c5)c4n(-c4ccccc4)c23)cc1. The third kappa shape index (κ3) is 3.60. The molecule has 0 atom stereocenters. The molecule has 4 aromatic heterocycles. The van der Waals surface area contributed by atoms with Gasteiger partial charge in [-0.15, -0.1) is 0 Å². The van der Waals surface area contributed by atoms with E-state index in [9.17, 15) is 0 Å². The summed E-state index contributed by atoms with van der Waals surface area (Å²) in [5.74, 6) is 0. The molecule has 0 saturated carbocycles. The van der Waals surface area contributed by atoms with Crippen LogP contribution in [0.4, 0.5) is 0 Å². The molecular weight excluding hydrogens is 635 g/mol. The highest BCUT2D eigenvalue weighted by Crippen LogP contribution is 2.46. The Hall–Kier alpha value is -7.04. The van der Waals surface area contributed by atoms with E-state index >= 15 is 0 Å². The summed E-state index contributed by atoms with van der Waals surface area (Å²) in [6, 6.07) is 63.5. The van der Waals surface area contributed by atoms with Gasteiger partial charge in [0.05, 0.1) is 33.1 Å². The van der Waals surface area contributed by atoms with Gasteiger partial charge in [-0.3, -0.25) is 0 Å². The smallest absolute Gasteiger partial charge is 0.135 e. The summed E-state index contributed by atoms with van der Waals surface area (Å²) < 4.78 is 13.6. The maximum absolute atomic E-state index is 6.24. The van der Waals surface area contributed by atoms with Crippen LogP contribution in [0.1, 0.15) is 0 Å². The molecule has 0 N–H and O–H groups in total. The molecule has 0 aliphatic heterocycles. The van der Waals surface area contributed by atoms with Gasteiger partial charge >= 0.3 is 0 Å². The Kier molecular flexibility index (Phi) is 5.47. The zero-order valence-corrected chi connectivity index (χ0v) is 28.0. The number of rotatable bonds is 3. The molecule has 0 radical (unpaired) electrons. The summed E-state index contributed by atoms with van der Waals surface area (Å²) in [6.45, 7) is 0. The molecule has 8 aromatic carbocycles. The van der Waals surface area contributed by atoms with Gasteiger partial charge < -0.3 is 18.1 Å². The third-order valence-corrected chi connectivity index (χ3v) is 11.0. The fraction of sp³-hybridized carbons (Fsp3) is 0. The van der Waals surface area contributed by atoms with Crippen molar-refractivity contribution in [2.75, 3.05) is 0 Å². The Bertz CT molecular complexity index is 3390. The maximum atomic E-state index is 6.24. The second-order valence-corrected chi connectivity index (χ2v) is 13.7. The van der Waals surface area contributed by atoms with Crippen molar-refractivity contribution in [2.24, 2.45) is 0 Å². The van der Waals surface area contributed by atoms with Gasteiger partial charge in [0.1, 0.15) is 11.2 Å². The second kappa shape index (κ2) is 10.3. The van der Waals surface area contributed by atoms with Gasteiger partial charge in [0.25, 0.3) is 0 Å². The molecule has 12 rings (SSSR count). The van der Waals surface area contributed by atoms with Crippen LogP contribution in [0.5, 0.6) is 0 Å². The summed E-state index contributed by atoms with van der Waals surface area (Å²) in [4.78, 5) is 0. The third-order valence-electron chi connectivity index (χ3n) is 11.0. The number of aromatic nitrogens is 3. The van der Waals surface area contributed by atoms with E-state index in [0.29, 0.717) is 0 Å². The van der Waals surface area contributed by atoms with E-state index in [1.807, 2.05) is 12.1 Å². The number of nitrogens with zero attached hydrogens (tertiary/aromatic N) is 3. The minimum atomic E-state index is 0.899. The summed E-state index contributed by atoms with van der Waals surface area (Å²) in [6.07, 6.45) is 0. The zero-order chi connectivity index (χ0) is 33.9. The van der Waals surface area contributed by atoms with Crippen molar-refractivity contribution in [1.82, 2.24) is 13.7 Å². The van der Waals surface area contributed by atoms with Crippen LogP contribution in [0.25, 0.3) is 104 Å². The van der Waals surface area contributed by atoms with Crippen LogP contribution in [0, 0.1) is 0 Å². The first kappa shape index (κ1) is 27.7. The number of furan rings is 1. The molecule has 0 amide bonds. The molecule has 0 bridgehead atoms. The lowest BCUT2D eigenvalue weighted by Gasteiger charge is -2.11. The molecule has 0 saturated heterocycles. The van der Waals surface area contributed by atoms with Crippen molar-refractivity contribution in [1.29, 1.82) is 0 Å². The molecule has 12 aromatic rings. The summed E-state index contributed by atoms with van der Waals surface area (Å²) in [5.41, 5.74) is 12.4. The summed E-state index contributed by atoms with van der Waals surface area (Å²) in [5, 5.41) is 9.70. The van der Waals surface area contributed by atoms with E-state index in [0.717, 1.165) is 39.0 Å². The predicted molar refractivity (Wildman–Crippen MR) is 217 cm³/mol. The number of benzene rings is 8. The molecular formula is C48H29N3O. The van der Waals surface area contributed by atoms with E-state index in [1.165, 1.54) is 65.4 Å². The van der Waals surface area contributed by atoms with E-state index in [2.05, 4.69) is 177 Å². The maximum Gasteiger partial charge on any atom is 0.135 e. The summed E-state index contributed by atoms with van der Waals surface area (Å²) >= 11 is 0. The molecule has 0 unspecified atom stereocenters. The zero-order valence-electron chi connectivity index (χ0n) is 28.0. The Labute approximate surface area is 297 Å². The second-order valence-electron chi connectivity index (χ2n) is 13.7. The van der Waals surface area contributed by atoms with Gasteiger partial charge in [-0.25, -0.2) is 0 Å². The van der Waals surface area contributed by atoms with E-state index < -0.39 is 0 Å². The molecule has 4 nitrogen and oxygen atoms in total. The Morgan fingerprint density at radius 2 is 0.769 bits per heavy atom. The predicted octanol–water partition coefficient (Wildman–Crippen LogP) is 12.9. The van der Waals surface area contributed by atoms with Crippen molar-refractivity contribution >= 4 is 87.4 Å². The lowest BCUT2D eigenvalue weighted by Crippen LogP contribution is -1.96. The highest BCUT2D eigenvalue weighted by atomic mass is 16.3. The molecule has 52 heavy (non-hydrogen) atoms. The number of fused-ring (bicyclic) bond motifs is 14. The Balaban J connectivity index is 1.28. The van der Waals surface area contributed by atoms with Crippen LogP contribution in [0.2, 0.25) is 0 Å². The van der Waals surface area contributed by atoms with E-state index in [4.69, 9.17) is 4.42 Å². The van der Waals surface area contributed by atoms with Gasteiger partial charge in [-0.1, -0.05) is 103 Å². The first-order valence-electron chi connectivity index (χ1n) is 17.8. The molecule has 4 heteroatoms. The lowest BCUT2D eigenvalue weighted by molar-refractivity contribution is 0.669. The minimum Gasteiger partial charge on any atom is -0.456 e. The minimum absolute atomic E-state index is 0.899. The normalized spacial score (nSPS) is 12.2. The first-order valence-corrected chi connectivity index (χ1v) is 17.8. The average Bonchev–Trinajstić information content (AvgIpc) is 3.94. The van der Waals surface area contributed by atoms with Gasteiger partial charge in [-0.2, -0.15) is 0 Å². The van der Waals surface area contributed by atoms with Crippen LogP contribution in [-0.2, 0) is 0 Å². The van der Waals surface area contributed by atoms with Crippen molar-refractivity contribution in [3.63, 3.8) is 0 Å². The van der Waals surface area contributed by atoms with Gasteiger partial charge in [0.15, 0.2) is 0 Å². The topological polar surface area (TPSA) is 27.9 Å². The quantitative estimate of drug-likeness (QED) is 0.185. The van der Waals surface area contributed by atoms with Crippen molar-refractivity contribution < 1.29 is 4.42 Å². The van der Waals surface area contributed by atoms with Crippen molar-refractivity contribution in [3.8, 4) is 17.1 Å². The molecule has 0 aliphatic carbocycles. The Morgan fingerprint density at radius 1 is 0.288 bits per heavy atom. The van der Waals surface area contributed by atoms with Crippen LogP contribution in [-0.4, -0.2) is 13.7 Å². The van der Waals surface area contributed by atoms with Crippen LogP contribution in [0.15, 0.2) is 180 Å². The molecule has 242 valence electrons. The van der Waals surface area contributed by atoms with Gasteiger partial charge in [-0.05, 0) is 72.8 Å². The highest BCUT2D eigenvalue weighted by Gasteiger charge is 2.24.